The Labute approximate surface area is 178 Å². The maximum Gasteiger partial charge on any atom is 0.334 e. The van der Waals surface area contributed by atoms with Crippen molar-refractivity contribution in [3.63, 3.8) is 0 Å². The number of carbonyl (C=O) groups excluding carboxylic acids is 1. The SMILES string of the molecule is CC(C)c1cc(NC(=O)NS(=O)(=O)N(CCN(C)C)c2cnn(C)c2)c(C(C)C)o1. The van der Waals surface area contributed by atoms with Crippen LogP contribution in [0.4, 0.5) is 16.2 Å². The van der Waals surface area contributed by atoms with Gasteiger partial charge in [-0.05, 0) is 14.1 Å². The van der Waals surface area contributed by atoms with Crippen LogP contribution in [0.2, 0.25) is 0 Å². The smallest absolute Gasteiger partial charge is 0.334 e. The third kappa shape index (κ3) is 5.99. The van der Waals surface area contributed by atoms with E-state index in [1.165, 1.54) is 10.9 Å². The third-order valence-electron chi connectivity index (χ3n) is 4.36. The van der Waals surface area contributed by atoms with Gasteiger partial charge in [0, 0.05) is 44.2 Å². The Kier molecular flexibility index (Phi) is 7.54. The molecule has 0 spiro atoms. The quantitative estimate of drug-likeness (QED) is 0.620. The second-order valence-corrected chi connectivity index (χ2v) is 9.64. The van der Waals surface area contributed by atoms with Gasteiger partial charge in [0.05, 0.1) is 17.6 Å². The first-order valence-electron chi connectivity index (χ1n) is 9.79. The fourth-order valence-electron chi connectivity index (χ4n) is 2.77. The number of aromatic nitrogens is 2. The molecule has 2 aromatic rings. The monoisotopic (exact) mass is 440 g/mol. The molecule has 0 aromatic carbocycles. The molecule has 10 nitrogen and oxygen atoms in total. The number of nitrogens with zero attached hydrogens (tertiary/aromatic N) is 4. The van der Waals surface area contributed by atoms with Crippen molar-refractivity contribution >= 4 is 27.6 Å². The molecule has 2 heterocycles. The maximum atomic E-state index is 13.0. The highest BCUT2D eigenvalue weighted by Gasteiger charge is 2.27. The van der Waals surface area contributed by atoms with Gasteiger partial charge in [-0.1, -0.05) is 27.7 Å². The normalized spacial score (nSPS) is 12.1. The summed E-state index contributed by atoms with van der Waals surface area (Å²) in [4.78, 5) is 14.4. The molecule has 0 unspecified atom stereocenters. The van der Waals surface area contributed by atoms with Gasteiger partial charge < -0.3 is 14.6 Å². The van der Waals surface area contributed by atoms with Gasteiger partial charge in [-0.15, -0.1) is 0 Å². The maximum absolute atomic E-state index is 13.0. The van der Waals surface area contributed by atoms with E-state index < -0.39 is 16.2 Å². The lowest BCUT2D eigenvalue weighted by molar-refractivity contribution is 0.256. The first-order valence-corrected chi connectivity index (χ1v) is 11.2. The molecule has 2 rings (SSSR count). The van der Waals surface area contributed by atoms with E-state index in [1.54, 1.807) is 19.3 Å². The number of aryl methyl sites for hydroxylation is 1. The van der Waals surface area contributed by atoms with Crippen LogP contribution in [0, 0.1) is 0 Å². The minimum atomic E-state index is -4.16. The van der Waals surface area contributed by atoms with Crippen LogP contribution in [0.5, 0.6) is 0 Å². The molecule has 0 fully saturated rings. The zero-order valence-corrected chi connectivity index (χ0v) is 19.4. The zero-order chi connectivity index (χ0) is 22.6. The van der Waals surface area contributed by atoms with Gasteiger partial charge in [0.15, 0.2) is 0 Å². The molecular weight excluding hydrogens is 408 g/mol. The summed E-state index contributed by atoms with van der Waals surface area (Å²) in [5, 5.41) is 6.65. The Morgan fingerprint density at radius 3 is 2.37 bits per heavy atom. The lowest BCUT2D eigenvalue weighted by Gasteiger charge is -2.24. The summed E-state index contributed by atoms with van der Waals surface area (Å²) in [6.45, 7) is 8.46. The largest absolute Gasteiger partial charge is 0.463 e. The fraction of sp³-hybridized carbons (Fsp3) is 0.579. The fourth-order valence-corrected chi connectivity index (χ4v) is 3.86. The minimum absolute atomic E-state index is 0.0244. The van der Waals surface area contributed by atoms with E-state index >= 15 is 0 Å². The van der Waals surface area contributed by atoms with Crippen LogP contribution < -0.4 is 14.3 Å². The van der Waals surface area contributed by atoms with E-state index in [0.717, 1.165) is 10.1 Å². The van der Waals surface area contributed by atoms with E-state index in [4.69, 9.17) is 4.42 Å². The van der Waals surface area contributed by atoms with E-state index in [1.807, 2.05) is 46.7 Å². The Morgan fingerprint density at radius 2 is 1.87 bits per heavy atom. The highest BCUT2D eigenvalue weighted by molar-refractivity contribution is 7.91. The van der Waals surface area contributed by atoms with E-state index in [2.05, 4.69) is 15.1 Å². The molecule has 0 aliphatic rings. The van der Waals surface area contributed by atoms with Gasteiger partial charge in [0.25, 0.3) is 0 Å². The predicted octanol–water partition coefficient (Wildman–Crippen LogP) is 2.69. The van der Waals surface area contributed by atoms with Crippen LogP contribution in [0.15, 0.2) is 22.9 Å². The lowest BCUT2D eigenvalue weighted by atomic mass is 10.1. The zero-order valence-electron chi connectivity index (χ0n) is 18.6. The number of anilines is 2. The number of amides is 2. The second kappa shape index (κ2) is 9.52. The Hall–Kier alpha value is -2.53. The van der Waals surface area contributed by atoms with Gasteiger partial charge in [-0.2, -0.15) is 13.5 Å². The van der Waals surface area contributed by atoms with Crippen molar-refractivity contribution in [1.29, 1.82) is 0 Å². The number of carbonyl (C=O) groups is 1. The van der Waals surface area contributed by atoms with Crippen molar-refractivity contribution in [2.45, 2.75) is 39.5 Å². The summed E-state index contributed by atoms with van der Waals surface area (Å²) in [7, 11) is 1.21. The van der Waals surface area contributed by atoms with Crippen molar-refractivity contribution in [2.24, 2.45) is 7.05 Å². The molecule has 0 aliphatic carbocycles. The van der Waals surface area contributed by atoms with E-state index in [0.29, 0.717) is 23.7 Å². The van der Waals surface area contributed by atoms with Gasteiger partial charge in [0.2, 0.25) is 0 Å². The number of urea groups is 1. The average molecular weight is 441 g/mol. The predicted molar refractivity (Wildman–Crippen MR) is 117 cm³/mol. The lowest BCUT2D eigenvalue weighted by Crippen LogP contribution is -2.47. The highest BCUT2D eigenvalue weighted by Crippen LogP contribution is 2.31. The number of rotatable bonds is 9. The number of hydrogen-bond acceptors (Lipinski definition) is 6. The molecule has 0 radical (unpaired) electrons. The molecule has 2 aromatic heterocycles. The van der Waals surface area contributed by atoms with Crippen molar-refractivity contribution in [3.8, 4) is 0 Å². The topological polar surface area (TPSA) is 113 Å². The van der Waals surface area contributed by atoms with Crippen molar-refractivity contribution in [3.05, 3.63) is 30.0 Å². The number of furan rings is 1. The summed E-state index contributed by atoms with van der Waals surface area (Å²) >= 11 is 0. The third-order valence-corrected chi connectivity index (χ3v) is 5.78. The second-order valence-electron chi connectivity index (χ2n) is 8.04. The van der Waals surface area contributed by atoms with Crippen LogP contribution in [0.25, 0.3) is 0 Å². The molecule has 0 saturated carbocycles. The van der Waals surface area contributed by atoms with Crippen LogP contribution in [-0.4, -0.2) is 56.3 Å². The Morgan fingerprint density at radius 1 is 1.20 bits per heavy atom. The molecule has 0 aliphatic heterocycles. The van der Waals surface area contributed by atoms with Crippen LogP contribution >= 0.6 is 0 Å². The van der Waals surface area contributed by atoms with Gasteiger partial charge >= 0.3 is 16.2 Å². The summed E-state index contributed by atoms with van der Waals surface area (Å²) < 4.78 is 36.5. The highest BCUT2D eigenvalue weighted by atomic mass is 32.2. The molecule has 2 amide bonds. The summed E-state index contributed by atoms with van der Waals surface area (Å²) in [5.74, 6) is 1.48. The Balaban J connectivity index is 2.22. The van der Waals surface area contributed by atoms with Gasteiger partial charge in [-0.3, -0.25) is 4.68 Å². The number of hydrogen-bond donors (Lipinski definition) is 2. The molecule has 0 bridgehead atoms. The van der Waals surface area contributed by atoms with E-state index in [-0.39, 0.29) is 18.4 Å². The van der Waals surface area contributed by atoms with Crippen LogP contribution in [-0.2, 0) is 17.3 Å². The average Bonchev–Trinajstić information content (AvgIpc) is 3.20. The molecule has 0 saturated heterocycles. The first kappa shape index (κ1) is 23.7. The number of nitrogens with one attached hydrogen (secondary N) is 2. The molecule has 0 atom stereocenters. The van der Waals surface area contributed by atoms with Crippen molar-refractivity contribution < 1.29 is 17.6 Å². The summed E-state index contributed by atoms with van der Waals surface area (Å²) in [6, 6.07) is 0.878. The molecule has 168 valence electrons. The molecule has 11 heteroatoms. The van der Waals surface area contributed by atoms with Crippen LogP contribution in [0.1, 0.15) is 51.1 Å². The summed E-state index contributed by atoms with van der Waals surface area (Å²) in [6.07, 6.45) is 3.02. The van der Waals surface area contributed by atoms with E-state index in [9.17, 15) is 13.2 Å². The van der Waals surface area contributed by atoms with Crippen LogP contribution in [0.3, 0.4) is 0 Å². The minimum Gasteiger partial charge on any atom is -0.463 e. The molecular formula is C19H32N6O4S. The standard InChI is InChI=1S/C19H32N6O4S/c1-13(2)17-10-16(18(29-17)14(3)4)21-19(26)22-30(27,28)25(9-8-23(5)6)15-11-20-24(7)12-15/h10-14H,8-9H2,1-7H3,(H2,21,22,26). The summed E-state index contributed by atoms with van der Waals surface area (Å²) in [5.41, 5.74) is 0.829. The molecule has 30 heavy (non-hydrogen) atoms. The van der Waals surface area contributed by atoms with Crippen molar-refractivity contribution in [1.82, 2.24) is 19.4 Å². The van der Waals surface area contributed by atoms with Gasteiger partial charge in [-0.25, -0.2) is 13.8 Å². The molecule has 2 N–H and O–H groups in total. The van der Waals surface area contributed by atoms with Gasteiger partial charge in [0.1, 0.15) is 11.5 Å². The number of likely N-dealkylation sites (N-methyl/N-ethyl adjacent to an activating group) is 1. The Bertz CT molecular complexity index is 962. The first-order chi connectivity index (χ1) is 13.9. The van der Waals surface area contributed by atoms with Crippen molar-refractivity contribution in [2.75, 3.05) is 36.8 Å².